The van der Waals surface area contributed by atoms with Crippen molar-refractivity contribution in [2.75, 3.05) is 13.2 Å². The van der Waals surface area contributed by atoms with Crippen molar-refractivity contribution >= 4 is 11.8 Å². The van der Waals surface area contributed by atoms with E-state index in [2.05, 4.69) is 38.1 Å². The Morgan fingerprint density at radius 1 is 1.50 bits per heavy atom. The van der Waals surface area contributed by atoms with Gasteiger partial charge >= 0.3 is 0 Å². The maximum absolute atomic E-state index is 5.67. The summed E-state index contributed by atoms with van der Waals surface area (Å²) in [5.41, 5.74) is 2.48. The standard InChI is InChI=1S/C15H27N3OS/c1-10(2)8-16-9-13-11(3)17-18(5)15(13)20-14-6-7-19-12(14)4/h10,12,14,16H,6-9H2,1-5H3. The second kappa shape index (κ2) is 6.96. The predicted octanol–water partition coefficient (Wildman–Crippen LogP) is 2.74. The highest BCUT2D eigenvalue weighted by molar-refractivity contribution is 8.00. The van der Waals surface area contributed by atoms with Crippen LogP contribution in [0.3, 0.4) is 0 Å². The minimum atomic E-state index is 0.340. The third-order valence-electron chi connectivity index (χ3n) is 3.71. The molecule has 1 aromatic rings. The average molecular weight is 297 g/mol. The van der Waals surface area contributed by atoms with E-state index >= 15 is 0 Å². The van der Waals surface area contributed by atoms with Crippen molar-refractivity contribution < 1.29 is 4.74 Å². The van der Waals surface area contributed by atoms with Gasteiger partial charge in [-0.2, -0.15) is 5.10 Å². The highest BCUT2D eigenvalue weighted by atomic mass is 32.2. The summed E-state index contributed by atoms with van der Waals surface area (Å²) in [7, 11) is 2.04. The van der Waals surface area contributed by atoms with E-state index in [-0.39, 0.29) is 0 Å². The molecular weight excluding hydrogens is 270 g/mol. The summed E-state index contributed by atoms with van der Waals surface area (Å²) >= 11 is 1.93. The van der Waals surface area contributed by atoms with Crippen molar-refractivity contribution in [3.05, 3.63) is 11.3 Å². The minimum Gasteiger partial charge on any atom is -0.377 e. The van der Waals surface area contributed by atoms with Crippen LogP contribution in [0.5, 0.6) is 0 Å². The van der Waals surface area contributed by atoms with Crippen molar-refractivity contribution in [1.29, 1.82) is 0 Å². The van der Waals surface area contributed by atoms with E-state index in [1.54, 1.807) is 0 Å². The maximum atomic E-state index is 5.67. The zero-order chi connectivity index (χ0) is 14.7. The molecular formula is C15H27N3OS. The molecule has 4 nitrogen and oxygen atoms in total. The van der Waals surface area contributed by atoms with Gasteiger partial charge in [-0.3, -0.25) is 4.68 Å². The van der Waals surface area contributed by atoms with E-state index in [4.69, 9.17) is 4.74 Å². The van der Waals surface area contributed by atoms with Gasteiger partial charge in [0, 0.05) is 31.0 Å². The van der Waals surface area contributed by atoms with Gasteiger partial charge in [-0.05, 0) is 32.7 Å². The molecule has 2 atom stereocenters. The van der Waals surface area contributed by atoms with Crippen molar-refractivity contribution in [3.63, 3.8) is 0 Å². The van der Waals surface area contributed by atoms with Gasteiger partial charge in [0.15, 0.2) is 0 Å². The van der Waals surface area contributed by atoms with Crippen LogP contribution in [0.4, 0.5) is 0 Å². The number of aromatic nitrogens is 2. The Hall–Kier alpha value is -0.520. The first kappa shape index (κ1) is 15.9. The first-order valence-electron chi connectivity index (χ1n) is 7.50. The van der Waals surface area contributed by atoms with E-state index in [1.807, 2.05) is 23.5 Å². The monoisotopic (exact) mass is 297 g/mol. The number of aryl methyl sites for hydroxylation is 2. The molecule has 0 aliphatic carbocycles. The Morgan fingerprint density at radius 3 is 2.85 bits per heavy atom. The van der Waals surface area contributed by atoms with Gasteiger partial charge in [-0.15, -0.1) is 11.8 Å². The fraction of sp³-hybridized carbons (Fsp3) is 0.800. The van der Waals surface area contributed by atoms with Gasteiger partial charge in [-0.25, -0.2) is 0 Å². The van der Waals surface area contributed by atoms with Crippen LogP contribution in [0.2, 0.25) is 0 Å². The molecule has 1 saturated heterocycles. The largest absolute Gasteiger partial charge is 0.377 e. The Kier molecular flexibility index (Phi) is 5.52. The predicted molar refractivity (Wildman–Crippen MR) is 84.2 cm³/mol. The van der Waals surface area contributed by atoms with Crippen LogP contribution in [-0.2, 0) is 18.3 Å². The molecule has 5 heteroatoms. The number of nitrogens with zero attached hydrogens (tertiary/aromatic N) is 2. The molecule has 2 unspecified atom stereocenters. The Morgan fingerprint density at radius 2 is 2.25 bits per heavy atom. The van der Waals surface area contributed by atoms with Crippen LogP contribution < -0.4 is 5.32 Å². The maximum Gasteiger partial charge on any atom is 0.0988 e. The van der Waals surface area contributed by atoms with Crippen molar-refractivity contribution in [3.8, 4) is 0 Å². The second-order valence-electron chi connectivity index (χ2n) is 6.04. The molecule has 1 N–H and O–H groups in total. The number of rotatable bonds is 6. The summed E-state index contributed by atoms with van der Waals surface area (Å²) < 4.78 is 7.70. The molecule has 0 amide bonds. The van der Waals surface area contributed by atoms with Crippen LogP contribution in [0.1, 0.15) is 38.4 Å². The van der Waals surface area contributed by atoms with Crippen molar-refractivity contribution in [2.24, 2.45) is 13.0 Å². The van der Waals surface area contributed by atoms with E-state index < -0.39 is 0 Å². The van der Waals surface area contributed by atoms with E-state index in [0.717, 1.165) is 31.8 Å². The molecule has 1 aliphatic rings. The molecule has 0 bridgehead atoms. The lowest BCUT2D eigenvalue weighted by molar-refractivity contribution is 0.127. The smallest absolute Gasteiger partial charge is 0.0988 e. The summed E-state index contributed by atoms with van der Waals surface area (Å²) in [5.74, 6) is 0.673. The van der Waals surface area contributed by atoms with Gasteiger partial charge in [0.1, 0.15) is 0 Å². The number of hydrogen-bond donors (Lipinski definition) is 1. The summed E-state index contributed by atoms with van der Waals surface area (Å²) in [6, 6.07) is 0. The molecule has 114 valence electrons. The highest BCUT2D eigenvalue weighted by Crippen LogP contribution is 2.35. The molecule has 0 aromatic carbocycles. The van der Waals surface area contributed by atoms with Crippen molar-refractivity contribution in [2.45, 2.75) is 57.0 Å². The summed E-state index contributed by atoms with van der Waals surface area (Å²) in [4.78, 5) is 0. The fourth-order valence-electron chi connectivity index (χ4n) is 2.53. The number of hydrogen-bond acceptors (Lipinski definition) is 4. The van der Waals surface area contributed by atoms with Gasteiger partial charge in [-0.1, -0.05) is 13.8 Å². The fourth-order valence-corrected chi connectivity index (χ4v) is 3.85. The Balaban J connectivity index is 2.06. The molecule has 1 fully saturated rings. The molecule has 1 aromatic heterocycles. The van der Waals surface area contributed by atoms with Gasteiger partial charge in [0.05, 0.1) is 16.8 Å². The topological polar surface area (TPSA) is 39.1 Å². The van der Waals surface area contributed by atoms with Crippen LogP contribution >= 0.6 is 11.8 Å². The van der Waals surface area contributed by atoms with Crippen LogP contribution in [0, 0.1) is 12.8 Å². The van der Waals surface area contributed by atoms with E-state index in [9.17, 15) is 0 Å². The molecule has 1 aliphatic heterocycles. The summed E-state index contributed by atoms with van der Waals surface area (Å²) in [6.45, 7) is 11.6. The lowest BCUT2D eigenvalue weighted by Gasteiger charge is -2.15. The SMILES string of the molecule is Cc1nn(C)c(SC2CCOC2C)c1CNCC(C)C. The number of thioether (sulfide) groups is 1. The molecule has 0 saturated carbocycles. The van der Waals surface area contributed by atoms with Crippen LogP contribution in [0.15, 0.2) is 5.03 Å². The highest BCUT2D eigenvalue weighted by Gasteiger charge is 2.27. The average Bonchev–Trinajstić information content (AvgIpc) is 2.87. The van der Waals surface area contributed by atoms with Crippen molar-refractivity contribution in [1.82, 2.24) is 15.1 Å². The molecule has 2 heterocycles. The van der Waals surface area contributed by atoms with Gasteiger partial charge in [0.2, 0.25) is 0 Å². The van der Waals surface area contributed by atoms with Gasteiger partial charge < -0.3 is 10.1 Å². The lowest BCUT2D eigenvalue weighted by Crippen LogP contribution is -2.20. The second-order valence-corrected chi connectivity index (χ2v) is 7.27. The molecule has 2 rings (SSSR count). The summed E-state index contributed by atoms with van der Waals surface area (Å²) in [5, 5.41) is 9.97. The molecule has 0 spiro atoms. The van der Waals surface area contributed by atoms with E-state index in [1.165, 1.54) is 10.6 Å². The normalized spacial score (nSPS) is 22.9. The minimum absolute atomic E-state index is 0.340. The number of nitrogens with one attached hydrogen (secondary N) is 1. The molecule has 0 radical (unpaired) electrons. The Bertz CT molecular complexity index is 445. The first-order chi connectivity index (χ1) is 9.49. The number of ether oxygens (including phenoxy) is 1. The van der Waals surface area contributed by atoms with Gasteiger partial charge in [0.25, 0.3) is 0 Å². The van der Waals surface area contributed by atoms with Crippen LogP contribution in [-0.4, -0.2) is 34.3 Å². The third kappa shape index (κ3) is 3.77. The Labute approximate surface area is 126 Å². The molecule has 20 heavy (non-hydrogen) atoms. The van der Waals surface area contributed by atoms with E-state index in [0.29, 0.717) is 17.3 Å². The zero-order valence-electron chi connectivity index (χ0n) is 13.3. The lowest BCUT2D eigenvalue weighted by atomic mass is 10.2. The quantitative estimate of drug-likeness (QED) is 0.876. The first-order valence-corrected chi connectivity index (χ1v) is 8.38. The summed E-state index contributed by atoms with van der Waals surface area (Å²) in [6.07, 6.45) is 1.47. The van der Waals surface area contributed by atoms with Crippen LogP contribution in [0.25, 0.3) is 0 Å². The third-order valence-corrected chi connectivity index (χ3v) is 5.37. The zero-order valence-corrected chi connectivity index (χ0v) is 14.1.